The highest BCUT2D eigenvalue weighted by atomic mass is 35.5. The van der Waals surface area contributed by atoms with Crippen LogP contribution in [0.2, 0.25) is 10.0 Å². The molecule has 142 valence electrons. The predicted octanol–water partition coefficient (Wildman–Crippen LogP) is 3.73. The molecule has 6 nitrogen and oxygen atoms in total. The lowest BCUT2D eigenvalue weighted by Crippen LogP contribution is -2.14. The number of nitrogens with two attached hydrogens (primary N) is 1. The van der Waals surface area contributed by atoms with Gasteiger partial charge in [0.15, 0.2) is 5.76 Å². The maximum atomic E-state index is 14.6. The summed E-state index contributed by atoms with van der Waals surface area (Å²) in [4.78, 5) is -1.00. The van der Waals surface area contributed by atoms with Crippen LogP contribution >= 0.6 is 23.2 Å². The molecule has 0 unspecified atom stereocenters. The van der Waals surface area contributed by atoms with E-state index in [1.165, 1.54) is 18.2 Å². The average Bonchev–Trinajstić information content (AvgIpc) is 2.98. The normalized spacial score (nSPS) is 11.8. The van der Waals surface area contributed by atoms with Crippen molar-refractivity contribution in [3.8, 4) is 22.4 Å². The number of sulfonamides is 1. The van der Waals surface area contributed by atoms with Gasteiger partial charge in [-0.25, -0.2) is 22.3 Å². The van der Waals surface area contributed by atoms with E-state index in [1.54, 1.807) is 0 Å². The Balaban J connectivity index is 2.29. The fourth-order valence-electron chi connectivity index (χ4n) is 2.54. The molecule has 1 aromatic heterocycles. The highest BCUT2D eigenvalue weighted by Crippen LogP contribution is 2.39. The minimum Gasteiger partial charge on any atom is -0.388 e. The Kier molecular flexibility index (Phi) is 5.24. The third kappa shape index (κ3) is 3.83. The molecule has 0 fully saturated rings. The molecule has 0 radical (unpaired) electrons. The van der Waals surface area contributed by atoms with E-state index in [4.69, 9.17) is 32.9 Å². The zero-order chi connectivity index (χ0) is 19.9. The first-order valence-electron chi connectivity index (χ1n) is 7.20. The second kappa shape index (κ2) is 7.17. The molecule has 0 aliphatic carbocycles. The Bertz CT molecular complexity index is 1130. The monoisotopic (exact) mass is 434 g/mol. The zero-order valence-electron chi connectivity index (χ0n) is 13.2. The van der Waals surface area contributed by atoms with Gasteiger partial charge in [0, 0.05) is 21.2 Å². The number of aliphatic hydroxyl groups is 1. The van der Waals surface area contributed by atoms with Gasteiger partial charge in [0.05, 0.1) is 5.56 Å². The minimum atomic E-state index is -4.47. The van der Waals surface area contributed by atoms with Crippen molar-refractivity contribution < 1.29 is 26.8 Å². The molecule has 0 amide bonds. The Labute approximate surface area is 162 Å². The molecule has 0 saturated heterocycles. The van der Waals surface area contributed by atoms with E-state index in [9.17, 15) is 22.3 Å². The highest BCUT2D eigenvalue weighted by Gasteiger charge is 2.25. The highest BCUT2D eigenvalue weighted by molar-refractivity contribution is 7.89. The SMILES string of the molecule is NS(=O)(=O)c1cc(F)c(-c2c(-c3cc(Cl)cc(Cl)c3)noc2CO)cc1F. The molecule has 3 aromatic rings. The third-order valence-electron chi connectivity index (χ3n) is 3.64. The summed E-state index contributed by atoms with van der Waals surface area (Å²) < 4.78 is 56.6. The maximum absolute atomic E-state index is 14.6. The van der Waals surface area contributed by atoms with E-state index in [0.29, 0.717) is 17.7 Å². The number of hydrogen-bond donors (Lipinski definition) is 2. The van der Waals surface area contributed by atoms with Crippen molar-refractivity contribution >= 4 is 33.2 Å². The van der Waals surface area contributed by atoms with E-state index in [2.05, 4.69) is 5.16 Å². The molecule has 3 N–H and O–H groups in total. The third-order valence-corrected chi connectivity index (χ3v) is 5.00. The summed E-state index contributed by atoms with van der Waals surface area (Å²) in [7, 11) is -4.47. The summed E-state index contributed by atoms with van der Waals surface area (Å²) in [6.07, 6.45) is 0. The smallest absolute Gasteiger partial charge is 0.241 e. The predicted molar refractivity (Wildman–Crippen MR) is 94.6 cm³/mol. The van der Waals surface area contributed by atoms with Crippen molar-refractivity contribution in [1.82, 2.24) is 5.16 Å². The van der Waals surface area contributed by atoms with Gasteiger partial charge in [-0.3, -0.25) is 0 Å². The second-order valence-electron chi connectivity index (χ2n) is 5.45. The summed E-state index contributed by atoms with van der Waals surface area (Å²) in [5.41, 5.74) is -0.101. The molecule has 2 aromatic carbocycles. The maximum Gasteiger partial charge on any atom is 0.241 e. The number of hydrogen-bond acceptors (Lipinski definition) is 5. The van der Waals surface area contributed by atoms with Crippen LogP contribution in [0.3, 0.4) is 0 Å². The first kappa shape index (κ1) is 19.7. The lowest BCUT2D eigenvalue weighted by atomic mass is 9.98. The van der Waals surface area contributed by atoms with Crippen LogP contribution in [-0.2, 0) is 16.6 Å². The molecular weight excluding hydrogens is 425 g/mol. The average molecular weight is 435 g/mol. The molecular formula is C16H10Cl2F2N2O4S. The van der Waals surface area contributed by atoms with Crippen molar-refractivity contribution in [3.05, 3.63) is 57.8 Å². The van der Waals surface area contributed by atoms with Crippen LogP contribution in [0.5, 0.6) is 0 Å². The number of halogens is 4. The van der Waals surface area contributed by atoms with Crippen molar-refractivity contribution in [2.45, 2.75) is 11.5 Å². The summed E-state index contributed by atoms with van der Waals surface area (Å²) >= 11 is 11.9. The number of aromatic nitrogens is 1. The summed E-state index contributed by atoms with van der Waals surface area (Å²) in [6.45, 7) is -0.672. The van der Waals surface area contributed by atoms with E-state index in [1.807, 2.05) is 0 Å². The van der Waals surface area contributed by atoms with Gasteiger partial charge in [-0.1, -0.05) is 28.4 Å². The van der Waals surface area contributed by atoms with Crippen molar-refractivity contribution in [1.29, 1.82) is 0 Å². The largest absolute Gasteiger partial charge is 0.388 e. The second-order valence-corrected chi connectivity index (χ2v) is 7.86. The van der Waals surface area contributed by atoms with Crippen LogP contribution < -0.4 is 5.14 Å². The minimum absolute atomic E-state index is 0.0325. The molecule has 0 atom stereocenters. The Morgan fingerprint density at radius 3 is 2.26 bits per heavy atom. The fourth-order valence-corrected chi connectivity index (χ4v) is 3.66. The standard InChI is InChI=1S/C16H10Cl2F2N2O4S/c17-8-1-7(2-9(18)3-8)16-15(13(6-23)26-22-16)10-4-12(20)14(5-11(10)19)27(21,24)25/h1-5,23H,6H2,(H2,21,24,25). The van der Waals surface area contributed by atoms with Gasteiger partial charge >= 0.3 is 0 Å². The van der Waals surface area contributed by atoms with Gasteiger partial charge in [0.25, 0.3) is 0 Å². The van der Waals surface area contributed by atoms with Gasteiger partial charge < -0.3 is 9.63 Å². The first-order valence-corrected chi connectivity index (χ1v) is 9.50. The number of aliphatic hydroxyl groups excluding tert-OH is 1. The zero-order valence-corrected chi connectivity index (χ0v) is 15.5. The number of nitrogens with zero attached hydrogens (tertiary/aromatic N) is 1. The summed E-state index contributed by atoms with van der Waals surface area (Å²) in [5.74, 6) is -2.54. The van der Waals surface area contributed by atoms with E-state index < -0.39 is 33.2 Å². The molecule has 0 spiro atoms. The summed E-state index contributed by atoms with van der Waals surface area (Å²) in [5, 5.41) is 18.6. The van der Waals surface area contributed by atoms with E-state index in [-0.39, 0.29) is 32.6 Å². The lowest BCUT2D eigenvalue weighted by molar-refractivity contribution is 0.230. The molecule has 1 heterocycles. The van der Waals surface area contributed by atoms with E-state index in [0.717, 1.165) is 0 Å². The Morgan fingerprint density at radius 1 is 1.07 bits per heavy atom. The number of rotatable bonds is 4. The van der Waals surface area contributed by atoms with Crippen LogP contribution in [0.25, 0.3) is 22.4 Å². The molecule has 0 saturated carbocycles. The lowest BCUT2D eigenvalue weighted by Gasteiger charge is -2.09. The van der Waals surface area contributed by atoms with Gasteiger partial charge in [-0.2, -0.15) is 0 Å². The van der Waals surface area contributed by atoms with Gasteiger partial charge in [0.1, 0.15) is 28.8 Å². The fraction of sp³-hybridized carbons (Fsp3) is 0.0625. The Morgan fingerprint density at radius 2 is 1.70 bits per heavy atom. The molecule has 27 heavy (non-hydrogen) atoms. The van der Waals surface area contributed by atoms with E-state index >= 15 is 0 Å². The van der Waals surface area contributed by atoms with Crippen LogP contribution in [0.4, 0.5) is 8.78 Å². The molecule has 0 aliphatic heterocycles. The van der Waals surface area contributed by atoms with Crippen LogP contribution in [-0.4, -0.2) is 18.7 Å². The van der Waals surface area contributed by atoms with Crippen molar-refractivity contribution in [3.63, 3.8) is 0 Å². The number of primary sulfonamides is 1. The molecule has 11 heteroatoms. The van der Waals surface area contributed by atoms with Gasteiger partial charge in [0.2, 0.25) is 10.0 Å². The Hall–Kier alpha value is -2.04. The molecule has 0 aliphatic rings. The number of benzene rings is 2. The topological polar surface area (TPSA) is 106 Å². The van der Waals surface area contributed by atoms with Gasteiger partial charge in [-0.05, 0) is 30.3 Å². The van der Waals surface area contributed by atoms with Crippen LogP contribution in [0.1, 0.15) is 5.76 Å². The first-order chi connectivity index (χ1) is 12.6. The van der Waals surface area contributed by atoms with Crippen LogP contribution in [0, 0.1) is 11.6 Å². The quantitative estimate of drug-likeness (QED) is 0.650. The molecule has 3 rings (SSSR count). The molecule has 0 bridgehead atoms. The van der Waals surface area contributed by atoms with Crippen molar-refractivity contribution in [2.75, 3.05) is 0 Å². The van der Waals surface area contributed by atoms with Gasteiger partial charge in [-0.15, -0.1) is 0 Å². The van der Waals surface area contributed by atoms with Crippen molar-refractivity contribution in [2.24, 2.45) is 5.14 Å². The summed E-state index contributed by atoms with van der Waals surface area (Å²) in [6, 6.07) is 5.46. The van der Waals surface area contributed by atoms with Crippen LogP contribution in [0.15, 0.2) is 39.8 Å².